The van der Waals surface area contributed by atoms with E-state index in [1.54, 1.807) is 0 Å². The summed E-state index contributed by atoms with van der Waals surface area (Å²) in [6.07, 6.45) is 1.05. The van der Waals surface area contributed by atoms with Crippen LogP contribution in [0.2, 0.25) is 0 Å². The molecule has 1 heterocycles. The molecule has 21 heavy (non-hydrogen) atoms. The normalized spacial score (nSPS) is 19.5. The molecule has 1 aliphatic rings. The average Bonchev–Trinajstić information content (AvgIpc) is 2.50. The van der Waals surface area contributed by atoms with Gasteiger partial charge in [-0.15, -0.1) is 0 Å². The van der Waals surface area contributed by atoms with Gasteiger partial charge in [0.1, 0.15) is 0 Å². The van der Waals surface area contributed by atoms with Crippen molar-refractivity contribution in [3.63, 3.8) is 0 Å². The van der Waals surface area contributed by atoms with Gasteiger partial charge >= 0.3 is 0 Å². The highest BCUT2D eigenvalue weighted by atomic mass is 16.2. The minimum Gasteiger partial charge on any atom is -0.340 e. The van der Waals surface area contributed by atoms with Gasteiger partial charge in [-0.05, 0) is 24.5 Å². The van der Waals surface area contributed by atoms with Crippen LogP contribution in [0, 0.1) is 0 Å². The molecule has 4 nitrogen and oxygen atoms in total. The highest BCUT2D eigenvalue weighted by molar-refractivity contribution is 5.78. The van der Waals surface area contributed by atoms with Gasteiger partial charge in [0.25, 0.3) is 0 Å². The molecule has 0 saturated carbocycles. The quantitative estimate of drug-likeness (QED) is 0.892. The summed E-state index contributed by atoms with van der Waals surface area (Å²) in [5, 5.41) is 3.35. The standard InChI is InChI=1S/C17H27N3O/c1-4-15-5-7-16(8-6-15)12-19(3)17(21)13-20-10-9-18-11-14(20)2/h5-8,14,18H,4,9-13H2,1-3H3/t14-/m0/s1. The first kappa shape index (κ1) is 16.0. The number of carbonyl (C=O) groups excluding carboxylic acids is 1. The van der Waals surface area contributed by atoms with Gasteiger partial charge < -0.3 is 10.2 Å². The first-order valence-electron chi connectivity index (χ1n) is 7.86. The molecular formula is C17H27N3O. The van der Waals surface area contributed by atoms with Gasteiger partial charge in [0.2, 0.25) is 5.91 Å². The molecule has 0 unspecified atom stereocenters. The maximum absolute atomic E-state index is 12.3. The lowest BCUT2D eigenvalue weighted by molar-refractivity contribution is -0.132. The van der Waals surface area contributed by atoms with Crippen LogP contribution in [0.4, 0.5) is 0 Å². The van der Waals surface area contributed by atoms with E-state index >= 15 is 0 Å². The third-order valence-corrected chi connectivity index (χ3v) is 4.25. The van der Waals surface area contributed by atoms with E-state index in [1.807, 2.05) is 11.9 Å². The van der Waals surface area contributed by atoms with Gasteiger partial charge in [-0.1, -0.05) is 31.2 Å². The van der Waals surface area contributed by atoms with E-state index in [2.05, 4.69) is 48.3 Å². The van der Waals surface area contributed by atoms with Crippen molar-refractivity contribution >= 4 is 5.91 Å². The molecule has 0 bridgehead atoms. The highest BCUT2D eigenvalue weighted by Gasteiger charge is 2.21. The molecule has 0 aromatic heterocycles. The van der Waals surface area contributed by atoms with Crippen molar-refractivity contribution in [1.29, 1.82) is 0 Å². The Morgan fingerprint density at radius 2 is 2.00 bits per heavy atom. The Kier molecular flexibility index (Phi) is 5.76. The molecule has 1 aromatic carbocycles. The fourth-order valence-electron chi connectivity index (χ4n) is 2.65. The smallest absolute Gasteiger partial charge is 0.236 e. The molecule has 1 fully saturated rings. The minimum absolute atomic E-state index is 0.198. The number of nitrogens with one attached hydrogen (secondary N) is 1. The van der Waals surface area contributed by atoms with E-state index in [0.29, 0.717) is 19.1 Å². The van der Waals surface area contributed by atoms with Crippen molar-refractivity contribution in [2.75, 3.05) is 33.2 Å². The Morgan fingerprint density at radius 3 is 2.62 bits per heavy atom. The van der Waals surface area contributed by atoms with Crippen molar-refractivity contribution in [1.82, 2.24) is 15.1 Å². The van der Waals surface area contributed by atoms with Gasteiger partial charge in [-0.25, -0.2) is 0 Å². The maximum atomic E-state index is 12.3. The molecule has 1 N–H and O–H groups in total. The first-order chi connectivity index (χ1) is 10.1. The number of amides is 1. The van der Waals surface area contributed by atoms with Gasteiger partial charge in [-0.2, -0.15) is 0 Å². The van der Waals surface area contributed by atoms with Crippen molar-refractivity contribution < 1.29 is 4.79 Å². The summed E-state index contributed by atoms with van der Waals surface area (Å²) in [6.45, 7) is 8.42. The summed E-state index contributed by atoms with van der Waals surface area (Å²) in [6, 6.07) is 8.96. The zero-order valence-corrected chi connectivity index (χ0v) is 13.4. The largest absolute Gasteiger partial charge is 0.340 e. The minimum atomic E-state index is 0.198. The van der Waals surface area contributed by atoms with Crippen molar-refractivity contribution in [2.45, 2.75) is 32.9 Å². The van der Waals surface area contributed by atoms with Crippen LogP contribution in [0.5, 0.6) is 0 Å². The number of benzene rings is 1. The Bertz CT molecular complexity index is 458. The fraction of sp³-hybridized carbons (Fsp3) is 0.588. The lowest BCUT2D eigenvalue weighted by atomic mass is 10.1. The van der Waals surface area contributed by atoms with Crippen molar-refractivity contribution in [3.05, 3.63) is 35.4 Å². The SMILES string of the molecule is CCc1ccc(CN(C)C(=O)CN2CCNC[C@@H]2C)cc1. The third-order valence-electron chi connectivity index (χ3n) is 4.25. The van der Waals surface area contributed by atoms with Crippen LogP contribution in [-0.2, 0) is 17.8 Å². The van der Waals surface area contributed by atoms with Gasteiger partial charge in [0.15, 0.2) is 0 Å². The van der Waals surface area contributed by atoms with Crippen LogP contribution in [0.3, 0.4) is 0 Å². The zero-order valence-electron chi connectivity index (χ0n) is 13.4. The predicted octanol–water partition coefficient (Wildman–Crippen LogP) is 1.50. The summed E-state index contributed by atoms with van der Waals surface area (Å²) in [4.78, 5) is 16.4. The fourth-order valence-corrected chi connectivity index (χ4v) is 2.65. The van der Waals surface area contributed by atoms with E-state index in [0.717, 1.165) is 26.1 Å². The van der Waals surface area contributed by atoms with Crippen LogP contribution >= 0.6 is 0 Å². The summed E-state index contributed by atoms with van der Waals surface area (Å²) in [5.74, 6) is 0.198. The number of nitrogens with zero attached hydrogens (tertiary/aromatic N) is 2. The Hall–Kier alpha value is -1.39. The van der Waals surface area contributed by atoms with E-state index in [9.17, 15) is 4.79 Å². The topological polar surface area (TPSA) is 35.6 Å². The van der Waals surface area contributed by atoms with Crippen LogP contribution in [0.1, 0.15) is 25.0 Å². The third kappa shape index (κ3) is 4.55. The zero-order chi connectivity index (χ0) is 15.2. The van der Waals surface area contributed by atoms with E-state index in [-0.39, 0.29) is 5.91 Å². The number of hydrogen-bond acceptors (Lipinski definition) is 3. The van der Waals surface area contributed by atoms with Crippen LogP contribution in [-0.4, -0.2) is 55.0 Å². The summed E-state index contributed by atoms with van der Waals surface area (Å²) in [5.41, 5.74) is 2.53. The number of likely N-dealkylation sites (N-methyl/N-ethyl adjacent to an activating group) is 1. The molecule has 1 saturated heterocycles. The average molecular weight is 289 g/mol. The van der Waals surface area contributed by atoms with Crippen molar-refractivity contribution in [2.24, 2.45) is 0 Å². The van der Waals surface area contributed by atoms with E-state index in [1.165, 1.54) is 11.1 Å². The van der Waals surface area contributed by atoms with Gasteiger partial charge in [0.05, 0.1) is 6.54 Å². The molecule has 0 radical (unpaired) electrons. The lowest BCUT2D eigenvalue weighted by Crippen LogP contribution is -2.52. The molecule has 1 atom stereocenters. The molecule has 0 spiro atoms. The lowest BCUT2D eigenvalue weighted by Gasteiger charge is -2.34. The molecular weight excluding hydrogens is 262 g/mol. The van der Waals surface area contributed by atoms with Gasteiger partial charge in [-0.3, -0.25) is 9.69 Å². The second-order valence-electron chi connectivity index (χ2n) is 5.94. The molecule has 1 aromatic rings. The number of piperazine rings is 1. The van der Waals surface area contributed by atoms with E-state index < -0.39 is 0 Å². The monoisotopic (exact) mass is 289 g/mol. The summed E-state index contributed by atoms with van der Waals surface area (Å²) < 4.78 is 0. The molecule has 4 heteroatoms. The first-order valence-corrected chi connectivity index (χ1v) is 7.86. The van der Waals surface area contributed by atoms with Gasteiger partial charge in [0, 0.05) is 39.3 Å². The summed E-state index contributed by atoms with van der Waals surface area (Å²) >= 11 is 0. The van der Waals surface area contributed by atoms with Crippen molar-refractivity contribution in [3.8, 4) is 0 Å². The molecule has 2 rings (SSSR count). The Balaban J connectivity index is 1.86. The Morgan fingerprint density at radius 1 is 1.33 bits per heavy atom. The molecule has 1 amide bonds. The number of hydrogen-bond donors (Lipinski definition) is 1. The predicted molar refractivity (Wildman–Crippen MR) is 86.2 cm³/mol. The highest BCUT2D eigenvalue weighted by Crippen LogP contribution is 2.09. The number of rotatable bonds is 5. The van der Waals surface area contributed by atoms with Crippen LogP contribution in [0.15, 0.2) is 24.3 Å². The van der Waals surface area contributed by atoms with E-state index in [4.69, 9.17) is 0 Å². The number of carbonyl (C=O) groups is 1. The molecule has 0 aliphatic carbocycles. The Labute approximate surface area is 128 Å². The summed E-state index contributed by atoms with van der Waals surface area (Å²) in [7, 11) is 1.89. The van der Waals surface area contributed by atoms with Crippen LogP contribution < -0.4 is 5.32 Å². The molecule has 116 valence electrons. The number of aryl methyl sites for hydroxylation is 1. The second-order valence-corrected chi connectivity index (χ2v) is 5.94. The maximum Gasteiger partial charge on any atom is 0.236 e. The van der Waals surface area contributed by atoms with Crippen LogP contribution in [0.25, 0.3) is 0 Å². The molecule has 1 aliphatic heterocycles. The second kappa shape index (κ2) is 7.57.